The van der Waals surface area contributed by atoms with Gasteiger partial charge in [0.25, 0.3) is 5.91 Å². The Bertz CT molecular complexity index is 738. The highest BCUT2D eigenvalue weighted by Gasteiger charge is 2.23. The molecule has 0 saturated carbocycles. The van der Waals surface area contributed by atoms with Crippen LogP contribution < -0.4 is 5.32 Å². The number of carbonyl (C=O) groups excluding carboxylic acids is 2. The zero-order valence-corrected chi connectivity index (χ0v) is 15.4. The van der Waals surface area contributed by atoms with Crippen molar-refractivity contribution in [1.82, 2.24) is 19.7 Å². The van der Waals surface area contributed by atoms with Crippen LogP contribution in [0.1, 0.15) is 30.6 Å². The first-order valence-corrected chi connectivity index (χ1v) is 9.13. The van der Waals surface area contributed by atoms with E-state index < -0.39 is 0 Å². The Hall–Kier alpha value is -2.76. The minimum absolute atomic E-state index is 0.0233. The fraction of sp³-hybridized carbons (Fsp3) is 0.400. The van der Waals surface area contributed by atoms with Crippen molar-refractivity contribution in [3.05, 3.63) is 54.4 Å². The summed E-state index contributed by atoms with van der Waals surface area (Å²) in [5.74, 6) is 0.0233. The van der Waals surface area contributed by atoms with Crippen LogP contribution in [0.5, 0.6) is 0 Å². The van der Waals surface area contributed by atoms with Gasteiger partial charge in [-0.25, -0.2) is 4.79 Å². The summed E-state index contributed by atoms with van der Waals surface area (Å²) >= 11 is 0. The van der Waals surface area contributed by atoms with Gasteiger partial charge in [-0.15, -0.1) is 0 Å². The fourth-order valence-electron chi connectivity index (χ4n) is 3.13. The van der Waals surface area contributed by atoms with E-state index in [2.05, 4.69) is 5.32 Å². The van der Waals surface area contributed by atoms with Crippen LogP contribution in [0, 0.1) is 0 Å². The lowest BCUT2D eigenvalue weighted by atomic mass is 10.1. The summed E-state index contributed by atoms with van der Waals surface area (Å²) in [6.45, 7) is 6.36. The third-order valence-corrected chi connectivity index (χ3v) is 4.50. The molecule has 0 unspecified atom stereocenters. The molecule has 6 heteroatoms. The van der Waals surface area contributed by atoms with Crippen LogP contribution in [0.25, 0.3) is 5.69 Å². The lowest BCUT2D eigenvalue weighted by Crippen LogP contribution is -2.44. The molecule has 2 heterocycles. The number of amides is 3. The van der Waals surface area contributed by atoms with E-state index in [1.54, 1.807) is 4.90 Å². The number of hydrogen-bond acceptors (Lipinski definition) is 2. The van der Waals surface area contributed by atoms with Crippen LogP contribution in [-0.2, 0) is 0 Å². The normalized spacial score (nSPS) is 15.0. The molecule has 1 aliphatic rings. The molecule has 3 amide bonds. The summed E-state index contributed by atoms with van der Waals surface area (Å²) in [5, 5.41) is 2.92. The van der Waals surface area contributed by atoms with Crippen LogP contribution in [0.2, 0.25) is 0 Å². The van der Waals surface area contributed by atoms with Gasteiger partial charge in [-0.3, -0.25) is 4.79 Å². The molecule has 1 aliphatic heterocycles. The highest BCUT2D eigenvalue weighted by atomic mass is 16.2. The van der Waals surface area contributed by atoms with Gasteiger partial charge >= 0.3 is 6.03 Å². The van der Waals surface area contributed by atoms with E-state index >= 15 is 0 Å². The number of nitrogens with zero attached hydrogens (tertiary/aromatic N) is 3. The summed E-state index contributed by atoms with van der Waals surface area (Å²) in [4.78, 5) is 28.6. The summed E-state index contributed by atoms with van der Waals surface area (Å²) in [6.07, 6.45) is 4.74. The number of benzene rings is 1. The lowest BCUT2D eigenvalue weighted by Gasteiger charge is -2.23. The van der Waals surface area contributed by atoms with Crippen molar-refractivity contribution < 1.29 is 9.59 Å². The number of nitrogens with one attached hydrogen (secondary N) is 1. The minimum Gasteiger partial charge on any atom is -0.337 e. The average Bonchev–Trinajstić information content (AvgIpc) is 3.05. The van der Waals surface area contributed by atoms with Crippen molar-refractivity contribution in [3.63, 3.8) is 0 Å². The van der Waals surface area contributed by atoms with Gasteiger partial charge in [0.15, 0.2) is 0 Å². The van der Waals surface area contributed by atoms with Crippen molar-refractivity contribution in [2.75, 3.05) is 26.2 Å². The molecule has 6 nitrogen and oxygen atoms in total. The predicted octanol–water partition coefficient (Wildman–Crippen LogP) is 2.74. The standard InChI is InChI=1S/C20H26N4O2/c1-16(2)21-20(26)24-13-5-12-23(14-15-24)19(25)17-6-8-18(9-7-17)22-10-3-4-11-22/h3-4,6-11,16H,5,12-15H2,1-2H3,(H,21,26). The third-order valence-electron chi connectivity index (χ3n) is 4.50. The SMILES string of the molecule is CC(C)NC(=O)N1CCCN(C(=O)c2ccc(-n3cccc3)cc2)CC1. The Morgan fingerprint density at radius 2 is 1.54 bits per heavy atom. The maximum Gasteiger partial charge on any atom is 0.317 e. The number of urea groups is 1. The molecule has 1 fully saturated rings. The molecule has 0 atom stereocenters. The first-order valence-electron chi connectivity index (χ1n) is 9.13. The van der Waals surface area contributed by atoms with E-state index in [9.17, 15) is 9.59 Å². The Morgan fingerprint density at radius 3 is 2.19 bits per heavy atom. The van der Waals surface area contributed by atoms with Gasteiger partial charge in [0.2, 0.25) is 0 Å². The second-order valence-electron chi connectivity index (χ2n) is 6.87. The van der Waals surface area contributed by atoms with Gasteiger partial charge in [0, 0.05) is 55.9 Å². The van der Waals surface area contributed by atoms with Crippen LogP contribution in [0.3, 0.4) is 0 Å². The van der Waals surface area contributed by atoms with Crippen molar-refractivity contribution in [3.8, 4) is 5.69 Å². The maximum absolute atomic E-state index is 12.8. The predicted molar refractivity (Wildman–Crippen MR) is 102 cm³/mol. The molecular weight excluding hydrogens is 328 g/mol. The summed E-state index contributed by atoms with van der Waals surface area (Å²) in [6, 6.07) is 11.6. The molecule has 1 aromatic heterocycles. The van der Waals surface area contributed by atoms with Crippen molar-refractivity contribution in [1.29, 1.82) is 0 Å². The van der Waals surface area contributed by atoms with Gasteiger partial charge < -0.3 is 19.7 Å². The van der Waals surface area contributed by atoms with E-state index in [1.165, 1.54) is 0 Å². The average molecular weight is 354 g/mol. The fourth-order valence-corrected chi connectivity index (χ4v) is 3.13. The van der Waals surface area contributed by atoms with Crippen LogP contribution in [-0.4, -0.2) is 58.5 Å². The Kier molecular flexibility index (Phi) is 5.61. The summed E-state index contributed by atoms with van der Waals surface area (Å²) < 4.78 is 2.01. The van der Waals surface area contributed by atoms with Crippen molar-refractivity contribution >= 4 is 11.9 Å². The molecule has 0 bridgehead atoms. The molecule has 1 N–H and O–H groups in total. The van der Waals surface area contributed by atoms with E-state index in [1.807, 2.05) is 72.1 Å². The summed E-state index contributed by atoms with van der Waals surface area (Å²) in [7, 11) is 0. The number of rotatable bonds is 3. The van der Waals surface area contributed by atoms with Gasteiger partial charge in [0.05, 0.1) is 0 Å². The van der Waals surface area contributed by atoms with E-state index in [0.29, 0.717) is 31.7 Å². The monoisotopic (exact) mass is 354 g/mol. The van der Waals surface area contributed by atoms with Crippen LogP contribution in [0.15, 0.2) is 48.8 Å². The first kappa shape index (κ1) is 18.0. The van der Waals surface area contributed by atoms with Gasteiger partial charge in [0.1, 0.15) is 0 Å². The van der Waals surface area contributed by atoms with E-state index in [4.69, 9.17) is 0 Å². The zero-order chi connectivity index (χ0) is 18.5. The molecule has 1 saturated heterocycles. The minimum atomic E-state index is -0.0506. The third kappa shape index (κ3) is 4.25. The van der Waals surface area contributed by atoms with Gasteiger partial charge in [-0.05, 0) is 56.7 Å². The Morgan fingerprint density at radius 1 is 0.923 bits per heavy atom. The van der Waals surface area contributed by atoms with Crippen LogP contribution in [0.4, 0.5) is 4.79 Å². The highest BCUT2D eigenvalue weighted by molar-refractivity contribution is 5.94. The summed E-state index contributed by atoms with van der Waals surface area (Å²) in [5.41, 5.74) is 1.71. The molecule has 2 aromatic rings. The topological polar surface area (TPSA) is 57.6 Å². The molecule has 26 heavy (non-hydrogen) atoms. The van der Waals surface area contributed by atoms with Crippen LogP contribution >= 0.6 is 0 Å². The molecule has 0 spiro atoms. The maximum atomic E-state index is 12.8. The second-order valence-corrected chi connectivity index (χ2v) is 6.87. The molecular formula is C20H26N4O2. The Balaban J connectivity index is 1.62. The highest BCUT2D eigenvalue weighted by Crippen LogP contribution is 2.13. The number of carbonyl (C=O) groups is 2. The van der Waals surface area contributed by atoms with Gasteiger partial charge in [-0.1, -0.05) is 0 Å². The van der Waals surface area contributed by atoms with E-state index in [0.717, 1.165) is 12.1 Å². The Labute approximate surface area is 154 Å². The first-order chi connectivity index (χ1) is 12.5. The molecule has 3 rings (SSSR count). The molecule has 1 aromatic carbocycles. The number of hydrogen-bond donors (Lipinski definition) is 1. The molecule has 0 aliphatic carbocycles. The second kappa shape index (κ2) is 8.08. The smallest absolute Gasteiger partial charge is 0.317 e. The van der Waals surface area contributed by atoms with E-state index in [-0.39, 0.29) is 18.0 Å². The van der Waals surface area contributed by atoms with Crippen molar-refractivity contribution in [2.24, 2.45) is 0 Å². The molecule has 0 radical (unpaired) electrons. The number of aromatic nitrogens is 1. The molecule has 138 valence electrons. The van der Waals surface area contributed by atoms with Gasteiger partial charge in [-0.2, -0.15) is 0 Å². The lowest BCUT2D eigenvalue weighted by molar-refractivity contribution is 0.0762. The zero-order valence-electron chi connectivity index (χ0n) is 15.4. The largest absolute Gasteiger partial charge is 0.337 e. The quantitative estimate of drug-likeness (QED) is 0.921. The van der Waals surface area contributed by atoms with Crippen molar-refractivity contribution in [2.45, 2.75) is 26.3 Å².